The highest BCUT2D eigenvalue weighted by Crippen LogP contribution is 2.43. The van der Waals surface area contributed by atoms with Crippen LogP contribution < -0.4 is 0 Å². The number of nitrogens with zero attached hydrogens (tertiary/aromatic N) is 2. The molecule has 1 atom stereocenters. The van der Waals surface area contributed by atoms with Gasteiger partial charge in [0, 0.05) is 33.3 Å². The molecule has 0 fully saturated rings. The third-order valence-corrected chi connectivity index (χ3v) is 6.88. The fourth-order valence-electron chi connectivity index (χ4n) is 5.32. The van der Waals surface area contributed by atoms with E-state index in [1.54, 1.807) is 0 Å². The number of benzene rings is 3. The fraction of sp³-hybridized carbons (Fsp3) is 0.0645. The number of nitriles is 1. The monoisotopic (exact) mass is 434 g/mol. The Bertz CT molecular complexity index is 1800. The van der Waals surface area contributed by atoms with Gasteiger partial charge in [-0.1, -0.05) is 54.6 Å². The van der Waals surface area contributed by atoms with Crippen molar-refractivity contribution >= 4 is 49.4 Å². The third-order valence-electron chi connectivity index (χ3n) is 6.88. The number of hydrogen-bond acceptors (Lipinski definition) is 2. The van der Waals surface area contributed by atoms with Gasteiger partial charge < -0.3 is 8.98 Å². The molecule has 34 heavy (non-hydrogen) atoms. The Morgan fingerprint density at radius 3 is 2.38 bits per heavy atom. The van der Waals surface area contributed by atoms with Crippen LogP contribution in [-0.2, 0) is 0 Å². The van der Waals surface area contributed by atoms with Crippen molar-refractivity contribution in [3.05, 3.63) is 114 Å². The summed E-state index contributed by atoms with van der Waals surface area (Å²) in [5, 5.41) is 14.1. The van der Waals surface area contributed by atoms with E-state index < -0.39 is 0 Å². The molecule has 0 spiro atoms. The largest absolute Gasteiger partial charge is 0.455 e. The summed E-state index contributed by atoms with van der Waals surface area (Å²) in [4.78, 5) is 0. The van der Waals surface area contributed by atoms with Crippen LogP contribution in [0.2, 0.25) is 0 Å². The first-order valence-electron chi connectivity index (χ1n) is 11.4. The fourth-order valence-corrected chi connectivity index (χ4v) is 5.32. The quantitative estimate of drug-likeness (QED) is 0.279. The normalized spacial score (nSPS) is 15.9. The van der Waals surface area contributed by atoms with Crippen LogP contribution in [0.1, 0.15) is 17.9 Å². The number of fused-ring (bicyclic) bond motifs is 6. The van der Waals surface area contributed by atoms with Crippen LogP contribution >= 0.6 is 0 Å². The van der Waals surface area contributed by atoms with Crippen molar-refractivity contribution in [3.63, 3.8) is 0 Å². The van der Waals surface area contributed by atoms with Gasteiger partial charge in [0.2, 0.25) is 0 Å². The van der Waals surface area contributed by atoms with Crippen molar-refractivity contribution in [2.45, 2.75) is 12.3 Å². The lowest BCUT2D eigenvalue weighted by atomic mass is 9.85. The summed E-state index contributed by atoms with van der Waals surface area (Å²) in [5.74, 6) is 0.0204. The van der Waals surface area contributed by atoms with E-state index in [-0.39, 0.29) is 5.92 Å². The van der Waals surface area contributed by atoms with Crippen molar-refractivity contribution in [1.82, 2.24) is 4.57 Å². The lowest BCUT2D eigenvalue weighted by Gasteiger charge is -2.26. The molecule has 0 aliphatic heterocycles. The van der Waals surface area contributed by atoms with Gasteiger partial charge in [-0.15, -0.1) is 0 Å². The van der Waals surface area contributed by atoms with Crippen LogP contribution in [0.3, 0.4) is 0 Å². The Morgan fingerprint density at radius 2 is 1.62 bits per heavy atom. The molecular formula is C31H18N2O. The Morgan fingerprint density at radius 1 is 0.853 bits per heavy atom. The smallest absolute Gasteiger partial charge is 0.144 e. The minimum absolute atomic E-state index is 0.0204. The molecule has 2 aromatic heterocycles. The molecule has 0 saturated carbocycles. The topological polar surface area (TPSA) is 41.9 Å². The lowest BCUT2D eigenvalue weighted by Crippen LogP contribution is -2.12. The molecule has 0 saturated heterocycles. The zero-order chi connectivity index (χ0) is 22.6. The number of aromatic nitrogens is 1. The maximum atomic E-state index is 9.70. The molecule has 1 unspecified atom stereocenters. The molecule has 0 bridgehead atoms. The first kappa shape index (κ1) is 18.8. The van der Waals surface area contributed by atoms with Gasteiger partial charge >= 0.3 is 0 Å². The molecule has 0 N–H and O–H groups in total. The standard InChI is InChI=1S/C31H18N2O/c32-19-20-13-16-29(33-27-10-4-1-7-22(27)23-8-2-5-11-28(23)33)26(17-20)21-14-15-25-24-9-3-6-12-30(24)34-31(25)18-21/h1-2,4-8,10-16,18,26H,17H2. The maximum Gasteiger partial charge on any atom is 0.144 e. The summed E-state index contributed by atoms with van der Waals surface area (Å²) >= 11 is 0. The zero-order valence-corrected chi connectivity index (χ0v) is 18.2. The Hall–Kier alpha value is -4.73. The van der Waals surface area contributed by atoms with Gasteiger partial charge in [0.1, 0.15) is 11.2 Å². The van der Waals surface area contributed by atoms with Crippen molar-refractivity contribution < 1.29 is 4.42 Å². The van der Waals surface area contributed by atoms with Crippen molar-refractivity contribution in [2.75, 3.05) is 0 Å². The van der Waals surface area contributed by atoms with E-state index in [9.17, 15) is 5.26 Å². The van der Waals surface area contributed by atoms with Gasteiger partial charge in [-0.05, 0) is 60.5 Å². The van der Waals surface area contributed by atoms with E-state index in [1.165, 1.54) is 21.8 Å². The summed E-state index contributed by atoms with van der Waals surface area (Å²) < 4.78 is 8.50. The average molecular weight is 434 g/mol. The second kappa shape index (κ2) is 7.14. The minimum atomic E-state index is 0.0204. The van der Waals surface area contributed by atoms with E-state index in [0.29, 0.717) is 6.42 Å². The highest BCUT2D eigenvalue weighted by atomic mass is 16.3. The highest BCUT2D eigenvalue weighted by molar-refractivity contribution is 6.10. The molecule has 1 aliphatic rings. The van der Waals surface area contributed by atoms with Gasteiger partial charge in [0.05, 0.1) is 22.5 Å². The minimum Gasteiger partial charge on any atom is -0.455 e. The molecular weight excluding hydrogens is 416 g/mol. The molecule has 3 nitrogen and oxygen atoms in total. The predicted octanol–water partition coefficient (Wildman–Crippen LogP) is 7.77. The first-order valence-corrected chi connectivity index (χ1v) is 11.4. The van der Waals surface area contributed by atoms with Gasteiger partial charge in [-0.2, -0.15) is 5.26 Å². The van der Waals surface area contributed by atoms with Crippen LogP contribution in [0.4, 0.5) is 0 Å². The average Bonchev–Trinajstić information content (AvgIpc) is 3.43. The Balaban J connectivity index is 1.47. The second-order valence-corrected chi connectivity index (χ2v) is 8.72. The third kappa shape index (κ3) is 2.65. The van der Waals surface area contributed by atoms with E-state index in [2.05, 4.69) is 95.6 Å². The van der Waals surface area contributed by atoms with E-state index in [0.717, 1.165) is 38.8 Å². The Kier molecular flexibility index (Phi) is 3.95. The van der Waals surface area contributed by atoms with Crippen LogP contribution in [0.25, 0.3) is 49.4 Å². The van der Waals surface area contributed by atoms with Crippen LogP contribution in [-0.4, -0.2) is 4.57 Å². The SMILES string of the molecule is N#CC1=CC=C(n2c3ccccc3c3ccccc32)C(c2ccc3c(c2)oc2ccc#cc23)C1. The van der Waals surface area contributed by atoms with Crippen molar-refractivity contribution in [1.29, 1.82) is 5.26 Å². The molecule has 0 amide bonds. The Labute approximate surface area is 196 Å². The molecule has 0 radical (unpaired) electrons. The predicted molar refractivity (Wildman–Crippen MR) is 136 cm³/mol. The summed E-state index contributed by atoms with van der Waals surface area (Å²) in [7, 11) is 0. The van der Waals surface area contributed by atoms with Crippen molar-refractivity contribution in [2.24, 2.45) is 0 Å². The summed E-state index contributed by atoms with van der Waals surface area (Å²) in [6.07, 6.45) is 4.71. The molecule has 2 heterocycles. The van der Waals surface area contributed by atoms with E-state index in [1.807, 2.05) is 18.2 Å². The van der Waals surface area contributed by atoms with Gasteiger partial charge in [0.25, 0.3) is 0 Å². The molecule has 7 rings (SSSR count). The first-order chi connectivity index (χ1) is 16.8. The zero-order valence-electron chi connectivity index (χ0n) is 18.2. The van der Waals surface area contributed by atoms with Crippen LogP contribution in [0.5, 0.6) is 0 Å². The van der Waals surface area contributed by atoms with Gasteiger partial charge in [-0.25, -0.2) is 0 Å². The molecule has 3 heteroatoms. The molecule has 6 aromatic rings. The second-order valence-electron chi connectivity index (χ2n) is 8.72. The van der Waals surface area contributed by atoms with Gasteiger partial charge in [-0.3, -0.25) is 0 Å². The summed E-state index contributed by atoms with van der Waals surface area (Å²) in [6, 6.07) is 35.7. The number of rotatable bonds is 2. The van der Waals surface area contributed by atoms with Crippen LogP contribution in [0, 0.1) is 23.5 Å². The molecule has 1 aliphatic carbocycles. The molecule has 158 valence electrons. The van der Waals surface area contributed by atoms with Crippen LogP contribution in [0.15, 0.2) is 101 Å². The van der Waals surface area contributed by atoms with E-state index in [4.69, 9.17) is 4.42 Å². The lowest BCUT2D eigenvalue weighted by molar-refractivity contribution is 0.667. The van der Waals surface area contributed by atoms with Crippen molar-refractivity contribution in [3.8, 4) is 6.07 Å². The summed E-state index contributed by atoms with van der Waals surface area (Å²) in [5.41, 5.74) is 7.05. The number of furan rings is 1. The number of hydrogen-bond donors (Lipinski definition) is 0. The highest BCUT2D eigenvalue weighted by Gasteiger charge is 2.26. The number of para-hydroxylation sites is 2. The summed E-state index contributed by atoms with van der Waals surface area (Å²) in [6.45, 7) is 0. The number of allylic oxidation sites excluding steroid dienone is 4. The molecule has 4 aromatic carbocycles. The van der Waals surface area contributed by atoms with Gasteiger partial charge in [0.15, 0.2) is 0 Å². The van der Waals surface area contributed by atoms with E-state index >= 15 is 0 Å². The maximum absolute atomic E-state index is 9.70.